The fourth-order valence-electron chi connectivity index (χ4n) is 0.970. The Morgan fingerprint density at radius 3 is 2.08 bits per heavy atom. The van der Waals surface area contributed by atoms with E-state index in [1.807, 2.05) is 23.1 Å². The molecule has 0 spiro atoms. The molecule has 1 nitrogen and oxygen atoms in total. The Labute approximate surface area is 84.6 Å². The Kier molecular flexibility index (Phi) is 4.58. The van der Waals surface area contributed by atoms with Gasteiger partial charge in [-0.15, -0.1) is 11.8 Å². The highest BCUT2D eigenvalue weighted by atomic mass is 32.1. The van der Waals surface area contributed by atoms with E-state index in [1.165, 1.54) is 5.56 Å². The molecule has 3 heteroatoms. The molecule has 0 aliphatic heterocycles. The number of rotatable bonds is 4. The summed E-state index contributed by atoms with van der Waals surface area (Å²) in [6.07, 6.45) is 0. The van der Waals surface area contributed by atoms with Crippen molar-refractivity contribution in [2.45, 2.75) is 6.54 Å². The maximum atomic E-state index is 4.93. The summed E-state index contributed by atoms with van der Waals surface area (Å²) in [6, 6.07) is 10.2. The summed E-state index contributed by atoms with van der Waals surface area (Å²) in [5.41, 5.74) is 1.27. The third-order valence-corrected chi connectivity index (χ3v) is 2.34. The summed E-state index contributed by atoms with van der Waals surface area (Å²) < 4.78 is 0. The van der Waals surface area contributed by atoms with Crippen molar-refractivity contribution < 1.29 is 0 Å². The number of benzene rings is 1. The SMILES string of the molecule is [S-]CN(C[S-])Cc1ccccc1. The molecule has 1 aromatic rings. The van der Waals surface area contributed by atoms with Gasteiger partial charge in [0, 0.05) is 6.54 Å². The predicted molar refractivity (Wildman–Crippen MR) is 56.4 cm³/mol. The van der Waals surface area contributed by atoms with Crippen LogP contribution < -0.4 is 0 Å². The monoisotopic (exact) mass is 197 g/mol. The Morgan fingerprint density at radius 2 is 1.58 bits per heavy atom. The second kappa shape index (κ2) is 5.51. The second-order valence-electron chi connectivity index (χ2n) is 2.57. The lowest BCUT2D eigenvalue weighted by Gasteiger charge is -2.29. The van der Waals surface area contributed by atoms with Crippen molar-refractivity contribution in [1.29, 1.82) is 0 Å². The molecule has 0 saturated carbocycles. The number of nitrogens with zero attached hydrogens (tertiary/aromatic N) is 1. The first-order chi connectivity index (χ1) is 5.86. The van der Waals surface area contributed by atoms with Gasteiger partial charge in [0.15, 0.2) is 0 Å². The smallest absolute Gasteiger partial charge is 0.0193 e. The molecule has 0 radical (unpaired) electrons. The minimum absolute atomic E-state index is 0.610. The molecular weight excluding hydrogens is 186 g/mol. The van der Waals surface area contributed by atoms with Gasteiger partial charge in [0.05, 0.1) is 0 Å². The van der Waals surface area contributed by atoms with Crippen LogP contribution in [0.2, 0.25) is 0 Å². The van der Waals surface area contributed by atoms with E-state index in [2.05, 4.69) is 12.1 Å². The lowest BCUT2D eigenvalue weighted by molar-refractivity contribution is 0.372. The Morgan fingerprint density at radius 1 is 1.00 bits per heavy atom. The third-order valence-electron chi connectivity index (χ3n) is 1.61. The zero-order chi connectivity index (χ0) is 8.81. The van der Waals surface area contributed by atoms with E-state index in [1.54, 1.807) is 0 Å². The van der Waals surface area contributed by atoms with Crippen LogP contribution in [0.3, 0.4) is 0 Å². The van der Waals surface area contributed by atoms with Crippen molar-refractivity contribution in [2.75, 3.05) is 11.8 Å². The molecule has 0 atom stereocenters. The van der Waals surface area contributed by atoms with Gasteiger partial charge >= 0.3 is 0 Å². The second-order valence-corrected chi connectivity index (χ2v) is 3.09. The van der Waals surface area contributed by atoms with Crippen molar-refractivity contribution >= 4 is 25.3 Å². The van der Waals surface area contributed by atoms with E-state index in [-0.39, 0.29) is 0 Å². The van der Waals surface area contributed by atoms with Crippen LogP contribution in [0.25, 0.3) is 0 Å². The lowest BCUT2D eigenvalue weighted by Crippen LogP contribution is -2.22. The normalized spacial score (nSPS) is 10.6. The van der Waals surface area contributed by atoms with Gasteiger partial charge in [0.1, 0.15) is 0 Å². The fourth-order valence-corrected chi connectivity index (χ4v) is 1.45. The van der Waals surface area contributed by atoms with Gasteiger partial charge in [-0.1, -0.05) is 30.3 Å². The Bertz CT molecular complexity index is 209. The van der Waals surface area contributed by atoms with Gasteiger partial charge in [-0.3, -0.25) is 0 Å². The highest BCUT2D eigenvalue weighted by Gasteiger charge is 1.92. The molecule has 0 N–H and O–H groups in total. The standard InChI is InChI=1S/C9H13NS2/c11-7-10(8-12)6-9-4-2-1-3-5-9/h1-5,11-12H,6-8H2/p-2. The van der Waals surface area contributed by atoms with Crippen molar-refractivity contribution in [3.8, 4) is 0 Å². The average molecular weight is 197 g/mol. The summed E-state index contributed by atoms with van der Waals surface area (Å²) >= 11 is 9.86. The molecule has 1 aromatic carbocycles. The first kappa shape index (κ1) is 9.96. The molecule has 0 bridgehead atoms. The molecule has 12 heavy (non-hydrogen) atoms. The zero-order valence-electron chi connectivity index (χ0n) is 6.77. The van der Waals surface area contributed by atoms with E-state index >= 15 is 0 Å². The molecule has 0 aromatic heterocycles. The van der Waals surface area contributed by atoms with Crippen LogP contribution in [-0.4, -0.2) is 16.7 Å². The van der Waals surface area contributed by atoms with Crippen LogP contribution >= 0.6 is 0 Å². The van der Waals surface area contributed by atoms with E-state index in [9.17, 15) is 0 Å². The molecule has 0 unspecified atom stereocenters. The highest BCUT2D eigenvalue weighted by Crippen LogP contribution is 2.02. The molecular formula is C9H11NS2-2. The molecule has 0 amide bonds. The van der Waals surface area contributed by atoms with E-state index in [0.29, 0.717) is 11.8 Å². The number of hydrogen-bond donors (Lipinski definition) is 0. The Hall–Kier alpha value is -0.120. The van der Waals surface area contributed by atoms with Gasteiger partial charge < -0.3 is 30.2 Å². The fraction of sp³-hybridized carbons (Fsp3) is 0.333. The predicted octanol–water partition coefficient (Wildman–Crippen LogP) is 1.50. The van der Waals surface area contributed by atoms with Gasteiger partial charge in [-0.2, -0.15) is 0 Å². The summed E-state index contributed by atoms with van der Waals surface area (Å²) in [6.45, 7) is 0.869. The molecule has 0 aliphatic rings. The summed E-state index contributed by atoms with van der Waals surface area (Å²) in [5, 5.41) is 0. The molecule has 0 saturated heterocycles. The summed E-state index contributed by atoms with van der Waals surface area (Å²) in [4.78, 5) is 2.04. The first-order valence-corrected chi connectivity index (χ1v) is 4.94. The maximum Gasteiger partial charge on any atom is 0.0193 e. The highest BCUT2D eigenvalue weighted by molar-refractivity contribution is 7.59. The Balaban J connectivity index is 2.51. The van der Waals surface area contributed by atoms with Gasteiger partial charge in [0.2, 0.25) is 0 Å². The van der Waals surface area contributed by atoms with Crippen LogP contribution in [0, 0.1) is 0 Å². The molecule has 0 heterocycles. The van der Waals surface area contributed by atoms with Crippen molar-refractivity contribution in [3.63, 3.8) is 0 Å². The number of hydrogen-bond acceptors (Lipinski definition) is 3. The minimum Gasteiger partial charge on any atom is -0.777 e. The van der Waals surface area contributed by atoms with Gasteiger partial charge in [-0.05, 0) is 5.56 Å². The van der Waals surface area contributed by atoms with Crippen molar-refractivity contribution in [3.05, 3.63) is 35.9 Å². The van der Waals surface area contributed by atoms with E-state index in [4.69, 9.17) is 25.3 Å². The zero-order valence-corrected chi connectivity index (χ0v) is 8.40. The van der Waals surface area contributed by atoms with E-state index < -0.39 is 0 Å². The van der Waals surface area contributed by atoms with Crippen LogP contribution in [0.15, 0.2) is 30.3 Å². The van der Waals surface area contributed by atoms with Crippen LogP contribution in [0.4, 0.5) is 0 Å². The topological polar surface area (TPSA) is 3.24 Å². The van der Waals surface area contributed by atoms with Crippen LogP contribution in [0.1, 0.15) is 5.56 Å². The largest absolute Gasteiger partial charge is 0.777 e. The van der Waals surface area contributed by atoms with Crippen molar-refractivity contribution in [2.24, 2.45) is 0 Å². The van der Waals surface area contributed by atoms with Crippen LogP contribution in [-0.2, 0) is 31.8 Å². The lowest BCUT2D eigenvalue weighted by atomic mass is 10.2. The van der Waals surface area contributed by atoms with Crippen molar-refractivity contribution in [1.82, 2.24) is 4.90 Å². The molecule has 66 valence electrons. The summed E-state index contributed by atoms with van der Waals surface area (Å²) in [7, 11) is 0. The first-order valence-electron chi connectivity index (χ1n) is 3.79. The van der Waals surface area contributed by atoms with E-state index in [0.717, 1.165) is 6.54 Å². The molecule has 1 rings (SSSR count). The van der Waals surface area contributed by atoms with Gasteiger partial charge in [-0.25, -0.2) is 0 Å². The minimum atomic E-state index is 0.610. The summed E-state index contributed by atoms with van der Waals surface area (Å²) in [5.74, 6) is 1.22. The third kappa shape index (κ3) is 3.09. The molecule has 0 fully saturated rings. The molecule has 0 aliphatic carbocycles. The quantitative estimate of drug-likeness (QED) is 0.673. The van der Waals surface area contributed by atoms with Gasteiger partial charge in [0.25, 0.3) is 0 Å². The average Bonchev–Trinajstić information content (AvgIpc) is 2.16. The van der Waals surface area contributed by atoms with Crippen LogP contribution in [0.5, 0.6) is 0 Å². The maximum absolute atomic E-state index is 4.93.